The van der Waals surface area contributed by atoms with Gasteiger partial charge in [-0.2, -0.15) is 0 Å². The summed E-state index contributed by atoms with van der Waals surface area (Å²) in [5, 5.41) is 5.88. The number of benzene rings is 1. The molecule has 0 fully saturated rings. The van der Waals surface area contributed by atoms with Crippen LogP contribution in [-0.4, -0.2) is 47.0 Å². The molecule has 0 aromatic heterocycles. The maximum Gasteiger partial charge on any atom is 0.408 e. The predicted molar refractivity (Wildman–Crippen MR) is 151 cm³/mol. The summed E-state index contributed by atoms with van der Waals surface area (Å²) in [6, 6.07) is 5.83. The fourth-order valence-electron chi connectivity index (χ4n) is 4.18. The number of unbranched alkanes of at least 4 members (excludes halogenated alkanes) is 2. The summed E-state index contributed by atoms with van der Waals surface area (Å²) in [6.07, 6.45) is 5.48. The molecule has 0 saturated carbocycles. The second-order valence-corrected chi connectivity index (χ2v) is 11.1. The maximum atomic E-state index is 14.1. The number of nitrogens with zero attached hydrogens (tertiary/aromatic N) is 1. The van der Waals surface area contributed by atoms with Crippen LogP contribution in [0.2, 0.25) is 0 Å². The lowest BCUT2D eigenvalue weighted by atomic mass is 9.97. The lowest BCUT2D eigenvalue weighted by molar-refractivity contribution is -0.143. The van der Waals surface area contributed by atoms with Gasteiger partial charge in [0.1, 0.15) is 17.7 Å². The maximum absolute atomic E-state index is 14.1. The van der Waals surface area contributed by atoms with E-state index in [9.17, 15) is 14.4 Å². The zero-order valence-corrected chi connectivity index (χ0v) is 24.2. The van der Waals surface area contributed by atoms with Crippen molar-refractivity contribution in [1.29, 1.82) is 0 Å². The van der Waals surface area contributed by atoms with Crippen LogP contribution in [0.25, 0.3) is 6.08 Å². The van der Waals surface area contributed by atoms with Gasteiger partial charge >= 0.3 is 6.09 Å². The van der Waals surface area contributed by atoms with Crippen molar-refractivity contribution in [2.45, 2.75) is 111 Å². The van der Waals surface area contributed by atoms with Gasteiger partial charge in [-0.1, -0.05) is 77.8 Å². The highest BCUT2D eigenvalue weighted by atomic mass is 16.6. The molecular weight excluding hydrogens is 466 g/mol. The van der Waals surface area contributed by atoms with E-state index in [-0.39, 0.29) is 23.8 Å². The lowest BCUT2D eigenvalue weighted by Crippen LogP contribution is -2.55. The van der Waals surface area contributed by atoms with Crippen molar-refractivity contribution in [2.24, 2.45) is 5.92 Å². The predicted octanol–water partition coefficient (Wildman–Crippen LogP) is 6.24. The zero-order chi connectivity index (χ0) is 28.2. The smallest absolute Gasteiger partial charge is 0.408 e. The quantitative estimate of drug-likeness (QED) is 0.287. The summed E-state index contributed by atoms with van der Waals surface area (Å²) in [4.78, 5) is 42.2. The van der Waals surface area contributed by atoms with Gasteiger partial charge in [0.2, 0.25) is 11.8 Å². The van der Waals surface area contributed by atoms with Crippen LogP contribution in [0.5, 0.6) is 0 Å². The first-order valence-electron chi connectivity index (χ1n) is 13.7. The van der Waals surface area contributed by atoms with E-state index in [0.717, 1.165) is 37.7 Å². The molecule has 1 aromatic carbocycles. The Morgan fingerprint density at radius 2 is 1.73 bits per heavy atom. The van der Waals surface area contributed by atoms with Gasteiger partial charge in [0.15, 0.2) is 0 Å². The third-order valence-electron chi connectivity index (χ3n) is 6.02. The minimum absolute atomic E-state index is 0.0315. The monoisotopic (exact) mass is 515 g/mol. The molecule has 0 radical (unpaired) electrons. The molecule has 3 atom stereocenters. The first kappa shape index (κ1) is 32.2. The summed E-state index contributed by atoms with van der Waals surface area (Å²) < 4.78 is 5.44. The Morgan fingerprint density at radius 3 is 2.27 bits per heavy atom. The SMILES string of the molecule is C=Cc1cccc(C(C(=O)NC(C)CCC)N(CCCCC)C(=O)C(NC(=O)OC(C)(C)C)C(C)C)c1. The first-order chi connectivity index (χ1) is 17.3. The van der Waals surface area contributed by atoms with Gasteiger partial charge in [-0.15, -0.1) is 0 Å². The molecular formula is C30H49N3O4. The molecule has 1 rings (SSSR count). The lowest BCUT2D eigenvalue weighted by Gasteiger charge is -2.36. The van der Waals surface area contributed by atoms with Crippen LogP contribution in [0.4, 0.5) is 4.79 Å². The molecule has 7 heteroatoms. The molecule has 0 bridgehead atoms. The Morgan fingerprint density at radius 1 is 1.05 bits per heavy atom. The number of rotatable bonds is 14. The van der Waals surface area contributed by atoms with Crippen molar-refractivity contribution in [3.8, 4) is 0 Å². The van der Waals surface area contributed by atoms with E-state index in [0.29, 0.717) is 12.1 Å². The number of carbonyl (C=O) groups is 3. The summed E-state index contributed by atoms with van der Waals surface area (Å²) in [7, 11) is 0. The minimum atomic E-state index is -0.845. The molecule has 0 heterocycles. The Kier molecular flexibility index (Phi) is 13.4. The molecule has 3 unspecified atom stereocenters. The minimum Gasteiger partial charge on any atom is -0.444 e. The third kappa shape index (κ3) is 11.0. The summed E-state index contributed by atoms with van der Waals surface area (Å²) in [6.45, 7) is 19.5. The van der Waals surface area contributed by atoms with Crippen molar-refractivity contribution < 1.29 is 19.1 Å². The molecule has 3 amide bonds. The second kappa shape index (κ2) is 15.4. The van der Waals surface area contributed by atoms with Gasteiger partial charge in [-0.3, -0.25) is 9.59 Å². The first-order valence-corrected chi connectivity index (χ1v) is 13.7. The highest BCUT2D eigenvalue weighted by Crippen LogP contribution is 2.26. The average molecular weight is 516 g/mol. The number of hydrogen-bond donors (Lipinski definition) is 2. The van der Waals surface area contributed by atoms with Crippen LogP contribution in [0, 0.1) is 5.92 Å². The molecule has 0 aliphatic carbocycles. The van der Waals surface area contributed by atoms with Gasteiger partial charge in [0.25, 0.3) is 0 Å². The molecule has 2 N–H and O–H groups in total. The summed E-state index contributed by atoms with van der Waals surface area (Å²) >= 11 is 0. The van der Waals surface area contributed by atoms with E-state index in [2.05, 4.69) is 31.1 Å². The van der Waals surface area contributed by atoms with Gasteiger partial charge in [0.05, 0.1) is 0 Å². The van der Waals surface area contributed by atoms with Crippen LogP contribution in [0.15, 0.2) is 30.8 Å². The Balaban J connectivity index is 3.52. The molecule has 0 aliphatic rings. The van der Waals surface area contributed by atoms with Crippen LogP contribution >= 0.6 is 0 Å². The molecule has 37 heavy (non-hydrogen) atoms. The molecule has 0 saturated heterocycles. The van der Waals surface area contributed by atoms with E-state index in [1.807, 2.05) is 45.0 Å². The molecule has 7 nitrogen and oxygen atoms in total. The summed E-state index contributed by atoms with van der Waals surface area (Å²) in [5.41, 5.74) is 0.881. The topological polar surface area (TPSA) is 87.7 Å². The number of carbonyl (C=O) groups excluding carboxylic acids is 3. The highest BCUT2D eigenvalue weighted by Gasteiger charge is 2.37. The highest BCUT2D eigenvalue weighted by molar-refractivity contribution is 5.92. The van der Waals surface area contributed by atoms with Gasteiger partial charge < -0.3 is 20.3 Å². The second-order valence-electron chi connectivity index (χ2n) is 11.1. The van der Waals surface area contributed by atoms with Crippen molar-refractivity contribution in [1.82, 2.24) is 15.5 Å². The van der Waals surface area contributed by atoms with Gasteiger partial charge in [0, 0.05) is 12.6 Å². The molecule has 0 aliphatic heterocycles. The van der Waals surface area contributed by atoms with E-state index in [1.54, 1.807) is 31.7 Å². The van der Waals surface area contributed by atoms with E-state index in [4.69, 9.17) is 4.74 Å². The van der Waals surface area contributed by atoms with E-state index < -0.39 is 23.8 Å². The van der Waals surface area contributed by atoms with E-state index >= 15 is 0 Å². The number of hydrogen-bond acceptors (Lipinski definition) is 4. The average Bonchev–Trinajstić information content (AvgIpc) is 2.80. The Labute approximate surface area is 224 Å². The van der Waals surface area contributed by atoms with Crippen LogP contribution in [0.3, 0.4) is 0 Å². The third-order valence-corrected chi connectivity index (χ3v) is 6.02. The number of nitrogens with one attached hydrogen (secondary N) is 2. The van der Waals surface area contributed by atoms with Crippen molar-refractivity contribution >= 4 is 24.0 Å². The Bertz CT molecular complexity index is 891. The largest absolute Gasteiger partial charge is 0.444 e. The van der Waals surface area contributed by atoms with Crippen LogP contribution < -0.4 is 10.6 Å². The fraction of sp³-hybridized carbons (Fsp3) is 0.633. The molecule has 1 aromatic rings. The standard InChI is InChI=1S/C30H49N3O4/c1-10-13-14-19-33(28(35)25(21(4)5)32-29(36)37-30(7,8)9)26(27(34)31-22(6)16-11-2)24-18-15-17-23(12-3)20-24/h12,15,17-18,20-22,25-26H,3,10-11,13-14,16,19H2,1-2,4-9H3,(H,31,34)(H,32,36). The van der Waals surface area contributed by atoms with Gasteiger partial charge in [-0.05, 0) is 63.6 Å². The van der Waals surface area contributed by atoms with Crippen molar-refractivity contribution in [3.63, 3.8) is 0 Å². The van der Waals surface area contributed by atoms with Crippen LogP contribution in [0.1, 0.15) is 105 Å². The molecule has 0 spiro atoms. The fourth-order valence-corrected chi connectivity index (χ4v) is 4.18. The van der Waals surface area contributed by atoms with Gasteiger partial charge in [-0.25, -0.2) is 4.79 Å². The Hall–Kier alpha value is -2.83. The number of ether oxygens (including phenoxy) is 1. The zero-order valence-electron chi connectivity index (χ0n) is 24.2. The normalized spacial score (nSPS) is 13.9. The summed E-state index contributed by atoms with van der Waals surface area (Å²) in [5.74, 6) is -0.744. The van der Waals surface area contributed by atoms with E-state index in [1.165, 1.54) is 0 Å². The van der Waals surface area contributed by atoms with Crippen molar-refractivity contribution in [2.75, 3.05) is 6.54 Å². The van der Waals surface area contributed by atoms with Crippen LogP contribution in [-0.2, 0) is 14.3 Å². The number of amides is 3. The molecule has 208 valence electrons. The number of alkyl carbamates (subject to hydrolysis) is 1. The van der Waals surface area contributed by atoms with Crippen molar-refractivity contribution in [3.05, 3.63) is 42.0 Å².